The molecule has 14 heavy (non-hydrogen) atoms. The number of hydrogen-bond acceptors (Lipinski definition) is 3. The van der Waals surface area contributed by atoms with Gasteiger partial charge in [-0.05, 0) is 12.1 Å². The maximum atomic E-state index is 11.1. The number of nitrogens with one attached hydrogen (secondary N) is 1. The molecule has 1 aromatic rings. The molecular weight excluding hydrogens is 208 g/mol. The molecule has 1 aromatic carbocycles. The Balaban J connectivity index is 3.19. The summed E-state index contributed by atoms with van der Waals surface area (Å²) in [5.41, 5.74) is -0.0589. The van der Waals surface area contributed by atoms with Crippen LogP contribution in [0.1, 0.15) is 10.4 Å². The van der Waals surface area contributed by atoms with Gasteiger partial charge in [0.1, 0.15) is 5.02 Å². The molecule has 0 aliphatic rings. The van der Waals surface area contributed by atoms with E-state index in [1.165, 1.54) is 19.2 Å². The second kappa shape index (κ2) is 4.06. The van der Waals surface area contributed by atoms with Crippen molar-refractivity contribution in [1.29, 1.82) is 0 Å². The standard InChI is InChI=1S/C8H7ClN2O3/c1-10-8(12)5-2-3-6(9)7(4-5)11(13)14/h2-4H,1H3,(H,10,12). The summed E-state index contributed by atoms with van der Waals surface area (Å²) in [6.45, 7) is 0. The van der Waals surface area contributed by atoms with E-state index in [-0.39, 0.29) is 22.2 Å². The van der Waals surface area contributed by atoms with Gasteiger partial charge in [0.2, 0.25) is 0 Å². The van der Waals surface area contributed by atoms with Crippen molar-refractivity contribution in [3.8, 4) is 0 Å². The topological polar surface area (TPSA) is 72.2 Å². The zero-order chi connectivity index (χ0) is 10.7. The maximum absolute atomic E-state index is 11.1. The van der Waals surface area contributed by atoms with Crippen LogP contribution in [0.4, 0.5) is 5.69 Å². The monoisotopic (exact) mass is 214 g/mol. The molecule has 0 saturated carbocycles. The summed E-state index contributed by atoms with van der Waals surface area (Å²) < 4.78 is 0. The van der Waals surface area contributed by atoms with E-state index in [4.69, 9.17) is 11.6 Å². The Morgan fingerprint density at radius 1 is 1.57 bits per heavy atom. The van der Waals surface area contributed by atoms with Gasteiger partial charge in [-0.15, -0.1) is 0 Å². The van der Waals surface area contributed by atoms with Crippen LogP contribution in [0.25, 0.3) is 0 Å². The molecule has 6 heteroatoms. The van der Waals surface area contributed by atoms with Crippen molar-refractivity contribution in [2.75, 3.05) is 7.05 Å². The van der Waals surface area contributed by atoms with E-state index >= 15 is 0 Å². The first-order valence-corrected chi connectivity index (χ1v) is 4.10. The van der Waals surface area contributed by atoms with Crippen molar-refractivity contribution >= 4 is 23.2 Å². The van der Waals surface area contributed by atoms with Gasteiger partial charge < -0.3 is 5.32 Å². The number of nitrogens with zero attached hydrogens (tertiary/aromatic N) is 1. The fraction of sp³-hybridized carbons (Fsp3) is 0.125. The van der Waals surface area contributed by atoms with Gasteiger partial charge in [-0.3, -0.25) is 14.9 Å². The third kappa shape index (κ3) is 2.00. The van der Waals surface area contributed by atoms with Crippen LogP contribution in [0.15, 0.2) is 18.2 Å². The van der Waals surface area contributed by atoms with Gasteiger partial charge in [0.05, 0.1) is 4.92 Å². The van der Waals surface area contributed by atoms with Crippen molar-refractivity contribution in [1.82, 2.24) is 5.32 Å². The first-order valence-electron chi connectivity index (χ1n) is 3.72. The molecule has 0 saturated heterocycles. The van der Waals surface area contributed by atoms with E-state index in [1.54, 1.807) is 0 Å². The number of nitro groups is 1. The third-order valence-corrected chi connectivity index (χ3v) is 1.95. The zero-order valence-corrected chi connectivity index (χ0v) is 8.04. The first-order chi connectivity index (χ1) is 6.56. The van der Waals surface area contributed by atoms with Crippen molar-refractivity contribution in [2.24, 2.45) is 0 Å². The predicted molar refractivity (Wildman–Crippen MR) is 51.5 cm³/mol. The summed E-state index contributed by atoms with van der Waals surface area (Å²) in [6, 6.07) is 3.89. The van der Waals surface area contributed by atoms with Crippen LogP contribution in [0.3, 0.4) is 0 Å². The van der Waals surface area contributed by atoms with Gasteiger partial charge in [-0.1, -0.05) is 11.6 Å². The maximum Gasteiger partial charge on any atom is 0.288 e. The summed E-state index contributed by atoms with van der Waals surface area (Å²) in [5.74, 6) is -0.384. The summed E-state index contributed by atoms with van der Waals surface area (Å²) in [7, 11) is 1.45. The van der Waals surface area contributed by atoms with Gasteiger partial charge in [0, 0.05) is 18.7 Å². The lowest BCUT2D eigenvalue weighted by molar-refractivity contribution is -0.384. The van der Waals surface area contributed by atoms with E-state index in [9.17, 15) is 14.9 Å². The second-order valence-corrected chi connectivity index (χ2v) is 2.91. The van der Waals surface area contributed by atoms with E-state index in [0.29, 0.717) is 0 Å². The lowest BCUT2D eigenvalue weighted by atomic mass is 10.2. The predicted octanol–water partition coefficient (Wildman–Crippen LogP) is 1.61. The van der Waals surface area contributed by atoms with Crippen molar-refractivity contribution < 1.29 is 9.72 Å². The molecule has 0 atom stereocenters. The SMILES string of the molecule is CNC(=O)c1ccc(Cl)c([N+](=O)[O-])c1. The van der Waals surface area contributed by atoms with E-state index in [2.05, 4.69) is 5.32 Å². The quantitative estimate of drug-likeness (QED) is 0.601. The molecular formula is C8H7ClN2O3. The average molecular weight is 215 g/mol. The Bertz CT molecular complexity index is 392. The van der Waals surface area contributed by atoms with Gasteiger partial charge in [0.15, 0.2) is 0 Å². The van der Waals surface area contributed by atoms with E-state index in [0.717, 1.165) is 6.07 Å². The highest BCUT2D eigenvalue weighted by molar-refractivity contribution is 6.32. The molecule has 0 aromatic heterocycles. The molecule has 1 rings (SSSR count). The van der Waals surface area contributed by atoms with Gasteiger partial charge in [-0.25, -0.2) is 0 Å². The fourth-order valence-corrected chi connectivity index (χ4v) is 1.12. The highest BCUT2D eigenvalue weighted by Gasteiger charge is 2.15. The van der Waals surface area contributed by atoms with Crippen LogP contribution >= 0.6 is 11.6 Å². The van der Waals surface area contributed by atoms with Crippen LogP contribution < -0.4 is 5.32 Å². The number of benzene rings is 1. The molecule has 0 unspecified atom stereocenters. The normalized spacial score (nSPS) is 9.57. The molecule has 0 heterocycles. The number of rotatable bonds is 2. The highest BCUT2D eigenvalue weighted by Crippen LogP contribution is 2.24. The molecule has 0 radical (unpaired) electrons. The molecule has 5 nitrogen and oxygen atoms in total. The summed E-state index contributed by atoms with van der Waals surface area (Å²) in [4.78, 5) is 21.0. The number of carbonyl (C=O) groups excluding carboxylic acids is 1. The molecule has 0 spiro atoms. The highest BCUT2D eigenvalue weighted by atomic mass is 35.5. The Kier molecular flexibility index (Phi) is 3.03. The minimum atomic E-state index is -0.630. The van der Waals surface area contributed by atoms with Gasteiger partial charge >= 0.3 is 0 Å². The van der Waals surface area contributed by atoms with Gasteiger partial charge in [-0.2, -0.15) is 0 Å². The Morgan fingerprint density at radius 3 is 2.71 bits per heavy atom. The van der Waals surface area contributed by atoms with Crippen LogP contribution in [-0.4, -0.2) is 17.9 Å². The Labute approximate surface area is 84.8 Å². The molecule has 0 bridgehead atoms. The minimum absolute atomic E-state index is 0.0163. The molecule has 74 valence electrons. The molecule has 1 amide bonds. The van der Waals surface area contributed by atoms with Crippen molar-refractivity contribution in [2.45, 2.75) is 0 Å². The van der Waals surface area contributed by atoms with Crippen LogP contribution in [0.5, 0.6) is 0 Å². The largest absolute Gasteiger partial charge is 0.355 e. The third-order valence-electron chi connectivity index (χ3n) is 1.63. The van der Waals surface area contributed by atoms with E-state index in [1.807, 2.05) is 0 Å². The lowest BCUT2D eigenvalue weighted by Gasteiger charge is -2.00. The Morgan fingerprint density at radius 2 is 2.21 bits per heavy atom. The van der Waals surface area contributed by atoms with Crippen molar-refractivity contribution in [3.05, 3.63) is 38.9 Å². The first kappa shape index (κ1) is 10.5. The van der Waals surface area contributed by atoms with E-state index < -0.39 is 4.92 Å². The number of halogens is 1. The molecule has 1 N–H and O–H groups in total. The minimum Gasteiger partial charge on any atom is -0.355 e. The van der Waals surface area contributed by atoms with Gasteiger partial charge in [0.25, 0.3) is 11.6 Å². The Hall–Kier alpha value is -1.62. The number of nitro benzene ring substituents is 1. The number of carbonyl (C=O) groups is 1. The average Bonchev–Trinajstić information content (AvgIpc) is 2.17. The zero-order valence-electron chi connectivity index (χ0n) is 7.28. The molecule has 0 fully saturated rings. The summed E-state index contributed by atoms with van der Waals surface area (Å²) in [6.07, 6.45) is 0. The molecule has 0 aliphatic heterocycles. The summed E-state index contributed by atoms with van der Waals surface area (Å²) in [5, 5.41) is 12.9. The smallest absolute Gasteiger partial charge is 0.288 e. The molecule has 0 aliphatic carbocycles. The second-order valence-electron chi connectivity index (χ2n) is 2.50. The lowest BCUT2D eigenvalue weighted by Crippen LogP contribution is -2.17. The van der Waals surface area contributed by atoms with Crippen molar-refractivity contribution in [3.63, 3.8) is 0 Å². The summed E-state index contributed by atoms with van der Waals surface area (Å²) >= 11 is 5.57. The van der Waals surface area contributed by atoms with Crippen LogP contribution in [0, 0.1) is 10.1 Å². The number of hydrogen-bond donors (Lipinski definition) is 1. The number of amides is 1. The van der Waals surface area contributed by atoms with Crippen LogP contribution in [-0.2, 0) is 0 Å². The fourth-order valence-electron chi connectivity index (χ4n) is 0.938. The van der Waals surface area contributed by atoms with Crippen LogP contribution in [0.2, 0.25) is 5.02 Å².